The fraction of sp³-hybridized carbons (Fsp3) is 0.429. The second kappa shape index (κ2) is 6.44. The Morgan fingerprint density at radius 2 is 2.35 bits per heavy atom. The highest BCUT2D eigenvalue weighted by atomic mass is 32.1. The Hall–Kier alpha value is -2.00. The highest BCUT2D eigenvalue weighted by molar-refractivity contribution is 7.10. The Kier molecular flexibility index (Phi) is 4.64. The zero-order chi connectivity index (χ0) is 14.5. The van der Waals surface area contributed by atoms with Crippen LogP contribution in [0.1, 0.15) is 23.8 Å². The van der Waals surface area contributed by atoms with E-state index in [1.54, 1.807) is 17.5 Å². The maximum Gasteiger partial charge on any atom is 0.331 e. The molecular weight excluding hydrogens is 276 g/mol. The Balaban J connectivity index is 2.02. The summed E-state index contributed by atoms with van der Waals surface area (Å²) in [5, 5.41) is 13.6. The van der Waals surface area contributed by atoms with Crippen LogP contribution < -0.4 is 5.32 Å². The van der Waals surface area contributed by atoms with E-state index in [4.69, 9.17) is 6.42 Å². The predicted octanol–water partition coefficient (Wildman–Crippen LogP) is 1.93. The fourth-order valence-electron chi connectivity index (χ4n) is 1.87. The van der Waals surface area contributed by atoms with Crippen LogP contribution in [0.15, 0.2) is 17.5 Å². The van der Waals surface area contributed by atoms with Gasteiger partial charge in [0, 0.05) is 11.4 Å². The molecule has 0 radical (unpaired) electrons. The van der Waals surface area contributed by atoms with Crippen LogP contribution in [0.5, 0.6) is 0 Å². The van der Waals surface area contributed by atoms with Gasteiger partial charge in [-0.15, -0.1) is 17.8 Å². The van der Waals surface area contributed by atoms with Gasteiger partial charge in [0.2, 0.25) is 0 Å². The van der Waals surface area contributed by atoms with E-state index in [-0.39, 0.29) is 6.54 Å². The van der Waals surface area contributed by atoms with E-state index in [2.05, 4.69) is 11.2 Å². The Morgan fingerprint density at radius 3 is 2.85 bits per heavy atom. The smallest absolute Gasteiger partial charge is 0.331 e. The first-order valence-corrected chi connectivity index (χ1v) is 7.25. The molecule has 106 valence electrons. The maximum absolute atomic E-state index is 12.2. The summed E-state index contributed by atoms with van der Waals surface area (Å²) in [6, 6.07) is 2.00. The van der Waals surface area contributed by atoms with Gasteiger partial charge in [0.1, 0.15) is 0 Å². The lowest BCUT2D eigenvalue weighted by molar-refractivity contribution is -0.139. The molecule has 0 aromatic carbocycles. The van der Waals surface area contributed by atoms with Crippen LogP contribution in [0, 0.1) is 18.3 Å². The molecule has 1 aromatic heterocycles. The van der Waals surface area contributed by atoms with E-state index in [0.29, 0.717) is 17.3 Å². The molecule has 1 aliphatic carbocycles. The molecule has 0 spiro atoms. The molecule has 1 heterocycles. The second-order valence-corrected chi connectivity index (χ2v) is 5.74. The molecule has 20 heavy (non-hydrogen) atoms. The number of thiophene rings is 1. The minimum Gasteiger partial charge on any atom is -0.479 e. The van der Waals surface area contributed by atoms with Gasteiger partial charge in [-0.05, 0) is 30.2 Å². The summed E-state index contributed by atoms with van der Waals surface area (Å²) >= 11 is 1.30. The molecule has 1 saturated carbocycles. The highest BCUT2D eigenvalue weighted by Gasteiger charge is 2.29. The fourth-order valence-corrected chi connectivity index (χ4v) is 2.63. The largest absolute Gasteiger partial charge is 0.479 e. The third-order valence-corrected chi connectivity index (χ3v) is 4.02. The first-order valence-electron chi connectivity index (χ1n) is 6.37. The van der Waals surface area contributed by atoms with Crippen molar-refractivity contribution in [1.29, 1.82) is 0 Å². The van der Waals surface area contributed by atoms with E-state index >= 15 is 0 Å². The number of urea groups is 1. The lowest BCUT2D eigenvalue weighted by Crippen LogP contribution is -2.44. The summed E-state index contributed by atoms with van der Waals surface area (Å²) in [6.45, 7) is 0.784. The van der Waals surface area contributed by atoms with Gasteiger partial charge in [0.15, 0.2) is 6.04 Å². The Labute approximate surface area is 121 Å². The number of carboxylic acid groups (broad SMARTS) is 1. The van der Waals surface area contributed by atoms with Crippen molar-refractivity contribution in [3.63, 3.8) is 0 Å². The highest BCUT2D eigenvalue weighted by Crippen LogP contribution is 2.29. The molecule has 2 rings (SSSR count). The summed E-state index contributed by atoms with van der Waals surface area (Å²) in [7, 11) is 0. The molecule has 5 nitrogen and oxygen atoms in total. The third kappa shape index (κ3) is 3.75. The monoisotopic (exact) mass is 292 g/mol. The van der Waals surface area contributed by atoms with E-state index in [0.717, 1.165) is 12.8 Å². The van der Waals surface area contributed by atoms with Gasteiger partial charge in [-0.3, -0.25) is 0 Å². The van der Waals surface area contributed by atoms with E-state index < -0.39 is 18.0 Å². The van der Waals surface area contributed by atoms with Crippen LogP contribution in [-0.2, 0) is 4.79 Å². The normalized spacial score (nSPS) is 15.2. The third-order valence-electron chi connectivity index (χ3n) is 3.09. The number of nitrogens with zero attached hydrogens (tertiary/aromatic N) is 1. The first-order chi connectivity index (χ1) is 9.61. The predicted molar refractivity (Wildman–Crippen MR) is 76.4 cm³/mol. The number of aliphatic carboxylic acids is 1. The molecule has 2 amide bonds. The average Bonchev–Trinajstić information content (AvgIpc) is 3.06. The quantitative estimate of drug-likeness (QED) is 0.787. The van der Waals surface area contributed by atoms with E-state index in [9.17, 15) is 14.7 Å². The van der Waals surface area contributed by atoms with Gasteiger partial charge in [-0.25, -0.2) is 9.59 Å². The SMILES string of the molecule is C#CCN(CC1CC1)C(=O)NC(C(=O)O)c1cccs1. The van der Waals surface area contributed by atoms with E-state index in [1.165, 1.54) is 16.2 Å². The van der Waals surface area contributed by atoms with Crippen LogP contribution in [0.4, 0.5) is 4.79 Å². The minimum absolute atomic E-state index is 0.194. The molecule has 0 saturated heterocycles. The summed E-state index contributed by atoms with van der Waals surface area (Å²) in [6.07, 6.45) is 7.46. The number of amides is 2. The van der Waals surface area contributed by atoms with Gasteiger partial charge in [-0.1, -0.05) is 12.0 Å². The molecule has 0 aliphatic heterocycles. The van der Waals surface area contributed by atoms with Crippen molar-refractivity contribution in [3.8, 4) is 12.3 Å². The van der Waals surface area contributed by atoms with Crippen molar-refractivity contribution < 1.29 is 14.7 Å². The molecule has 1 aliphatic rings. The average molecular weight is 292 g/mol. The van der Waals surface area contributed by atoms with Gasteiger partial charge in [0.05, 0.1) is 6.54 Å². The lowest BCUT2D eigenvalue weighted by Gasteiger charge is -2.23. The molecule has 1 fully saturated rings. The van der Waals surface area contributed by atoms with Crippen molar-refractivity contribution in [2.45, 2.75) is 18.9 Å². The Bertz CT molecular complexity index is 517. The van der Waals surface area contributed by atoms with Crippen LogP contribution >= 0.6 is 11.3 Å². The number of nitrogens with one attached hydrogen (secondary N) is 1. The molecular formula is C14H16N2O3S. The van der Waals surface area contributed by atoms with Gasteiger partial charge < -0.3 is 15.3 Å². The van der Waals surface area contributed by atoms with Gasteiger partial charge >= 0.3 is 12.0 Å². The van der Waals surface area contributed by atoms with Crippen molar-refractivity contribution in [3.05, 3.63) is 22.4 Å². The first kappa shape index (κ1) is 14.4. The zero-order valence-corrected chi connectivity index (χ0v) is 11.7. The summed E-state index contributed by atoms with van der Waals surface area (Å²) in [4.78, 5) is 25.5. The maximum atomic E-state index is 12.2. The minimum atomic E-state index is -1.08. The standard InChI is InChI=1S/C14H16N2O3S/c1-2-7-16(9-10-5-6-10)14(19)15-12(13(17)18)11-4-3-8-20-11/h1,3-4,8,10,12H,5-7,9H2,(H,15,19)(H,17,18). The number of carbonyl (C=O) groups excluding carboxylic acids is 1. The number of rotatable bonds is 6. The number of carboxylic acids is 1. The second-order valence-electron chi connectivity index (χ2n) is 4.76. The zero-order valence-electron chi connectivity index (χ0n) is 10.9. The topological polar surface area (TPSA) is 69.6 Å². The number of hydrogen-bond donors (Lipinski definition) is 2. The number of carbonyl (C=O) groups is 2. The molecule has 2 N–H and O–H groups in total. The van der Waals surface area contributed by atoms with Crippen LogP contribution in [0.25, 0.3) is 0 Å². The van der Waals surface area contributed by atoms with Crippen molar-refractivity contribution >= 4 is 23.3 Å². The molecule has 1 aromatic rings. The van der Waals surface area contributed by atoms with Crippen molar-refractivity contribution in [2.24, 2.45) is 5.92 Å². The lowest BCUT2D eigenvalue weighted by atomic mass is 10.2. The van der Waals surface area contributed by atoms with Crippen LogP contribution in [0.2, 0.25) is 0 Å². The van der Waals surface area contributed by atoms with Gasteiger partial charge in [-0.2, -0.15) is 0 Å². The van der Waals surface area contributed by atoms with E-state index in [1.807, 2.05) is 0 Å². The number of terminal acetylenes is 1. The number of hydrogen-bond acceptors (Lipinski definition) is 3. The molecule has 1 atom stereocenters. The molecule has 1 unspecified atom stereocenters. The summed E-state index contributed by atoms with van der Waals surface area (Å²) in [5.74, 6) is 1.86. The van der Waals surface area contributed by atoms with Crippen LogP contribution in [-0.4, -0.2) is 35.1 Å². The summed E-state index contributed by atoms with van der Waals surface area (Å²) in [5.41, 5.74) is 0. The van der Waals surface area contributed by atoms with Crippen molar-refractivity contribution in [2.75, 3.05) is 13.1 Å². The Morgan fingerprint density at radius 1 is 1.60 bits per heavy atom. The van der Waals surface area contributed by atoms with Gasteiger partial charge in [0.25, 0.3) is 0 Å². The molecule has 6 heteroatoms. The summed E-state index contributed by atoms with van der Waals surface area (Å²) < 4.78 is 0. The van der Waals surface area contributed by atoms with Crippen molar-refractivity contribution in [1.82, 2.24) is 10.2 Å². The van der Waals surface area contributed by atoms with Crippen LogP contribution in [0.3, 0.4) is 0 Å². The molecule has 0 bridgehead atoms.